The minimum Gasteiger partial charge on any atom is -0.301 e. The second kappa shape index (κ2) is 5.94. The Labute approximate surface area is 108 Å². The fourth-order valence-electron chi connectivity index (χ4n) is 2.36. The Morgan fingerprint density at radius 3 is 2.41 bits per heavy atom. The molecule has 4 heteroatoms. The molecule has 1 aromatic rings. The van der Waals surface area contributed by atoms with Crippen LogP contribution in [0.25, 0.3) is 0 Å². The fourth-order valence-corrected chi connectivity index (χ4v) is 2.96. The van der Waals surface area contributed by atoms with Crippen LogP contribution in [0.3, 0.4) is 0 Å². The zero-order valence-corrected chi connectivity index (χ0v) is 12.0. The third-order valence-corrected chi connectivity index (χ3v) is 3.96. The van der Waals surface area contributed by atoms with E-state index in [1.807, 2.05) is 0 Å². The van der Waals surface area contributed by atoms with Crippen LogP contribution in [0.2, 0.25) is 0 Å². The van der Waals surface area contributed by atoms with Gasteiger partial charge in [0.05, 0.1) is 10.7 Å². The summed E-state index contributed by atoms with van der Waals surface area (Å²) in [4.78, 5) is 9.63. The Morgan fingerprint density at radius 1 is 1.24 bits per heavy atom. The molecule has 96 valence electrons. The Hall–Kier alpha value is -0.450. The van der Waals surface area contributed by atoms with Crippen molar-refractivity contribution in [1.29, 1.82) is 0 Å². The number of thiazole rings is 1. The summed E-state index contributed by atoms with van der Waals surface area (Å²) in [6, 6.07) is 0. The van der Waals surface area contributed by atoms with Crippen LogP contribution in [0.1, 0.15) is 24.5 Å². The summed E-state index contributed by atoms with van der Waals surface area (Å²) in [5, 5.41) is 3.37. The molecule has 1 aromatic heterocycles. The maximum atomic E-state index is 4.54. The maximum absolute atomic E-state index is 4.54. The second-order valence-corrected chi connectivity index (χ2v) is 6.39. The van der Waals surface area contributed by atoms with Gasteiger partial charge in [0.2, 0.25) is 0 Å². The second-order valence-electron chi connectivity index (χ2n) is 5.33. The van der Waals surface area contributed by atoms with Crippen molar-refractivity contribution in [3.05, 3.63) is 16.1 Å². The molecule has 0 spiro atoms. The minimum atomic E-state index is 0.780. The molecule has 1 aliphatic rings. The molecule has 0 aromatic carbocycles. The van der Waals surface area contributed by atoms with Gasteiger partial charge in [-0.25, -0.2) is 4.98 Å². The lowest BCUT2D eigenvalue weighted by Gasteiger charge is -2.35. The molecule has 2 rings (SSSR count). The Balaban J connectivity index is 1.75. The molecule has 1 fully saturated rings. The van der Waals surface area contributed by atoms with Gasteiger partial charge in [-0.15, -0.1) is 11.3 Å². The number of hydrogen-bond donors (Lipinski definition) is 0. The van der Waals surface area contributed by atoms with Crippen LogP contribution in [0.4, 0.5) is 0 Å². The predicted molar refractivity (Wildman–Crippen MR) is 73.4 cm³/mol. The van der Waals surface area contributed by atoms with Crippen LogP contribution >= 0.6 is 11.3 Å². The topological polar surface area (TPSA) is 19.4 Å². The highest BCUT2D eigenvalue weighted by molar-refractivity contribution is 7.09. The molecule has 0 N–H and O–H groups in total. The van der Waals surface area contributed by atoms with Crippen LogP contribution in [-0.2, 0) is 6.54 Å². The van der Waals surface area contributed by atoms with Crippen molar-refractivity contribution in [2.24, 2.45) is 5.92 Å². The van der Waals surface area contributed by atoms with Gasteiger partial charge in [0, 0.05) is 44.6 Å². The van der Waals surface area contributed by atoms with Crippen molar-refractivity contribution in [1.82, 2.24) is 14.8 Å². The van der Waals surface area contributed by atoms with E-state index < -0.39 is 0 Å². The minimum absolute atomic E-state index is 0.780. The lowest BCUT2D eigenvalue weighted by Crippen LogP contribution is -2.46. The summed E-state index contributed by atoms with van der Waals surface area (Å²) in [5.74, 6) is 0.780. The summed E-state index contributed by atoms with van der Waals surface area (Å²) in [5.41, 5.74) is 1.24. The van der Waals surface area contributed by atoms with Gasteiger partial charge in [-0.1, -0.05) is 13.8 Å². The van der Waals surface area contributed by atoms with Gasteiger partial charge in [-0.3, -0.25) is 4.90 Å². The first-order valence-corrected chi connectivity index (χ1v) is 7.37. The highest BCUT2D eigenvalue weighted by Crippen LogP contribution is 2.12. The maximum Gasteiger partial charge on any atom is 0.0897 e. The lowest BCUT2D eigenvalue weighted by atomic mass is 10.2. The van der Waals surface area contributed by atoms with Gasteiger partial charge in [-0.2, -0.15) is 0 Å². The van der Waals surface area contributed by atoms with E-state index in [0.29, 0.717) is 0 Å². The smallest absolute Gasteiger partial charge is 0.0897 e. The molecular weight excluding hydrogens is 230 g/mol. The first-order valence-electron chi connectivity index (χ1n) is 6.49. The van der Waals surface area contributed by atoms with Crippen LogP contribution in [0, 0.1) is 12.8 Å². The number of piperazine rings is 1. The standard InChI is InChI=1S/C13H23N3S/c1-11(2)8-15-4-6-16(7-5-15)9-13-10-17-12(3)14-13/h10-11H,4-9H2,1-3H3. The molecule has 1 aliphatic heterocycles. The number of hydrogen-bond acceptors (Lipinski definition) is 4. The zero-order valence-electron chi connectivity index (χ0n) is 11.1. The van der Waals surface area contributed by atoms with E-state index >= 15 is 0 Å². The van der Waals surface area contributed by atoms with Gasteiger partial charge < -0.3 is 4.90 Å². The van der Waals surface area contributed by atoms with Crippen LogP contribution < -0.4 is 0 Å². The van der Waals surface area contributed by atoms with Crippen LogP contribution in [0.5, 0.6) is 0 Å². The summed E-state index contributed by atoms with van der Waals surface area (Å²) < 4.78 is 0. The Morgan fingerprint density at radius 2 is 1.88 bits per heavy atom. The molecule has 0 unspecified atom stereocenters. The molecule has 1 saturated heterocycles. The van der Waals surface area contributed by atoms with E-state index in [1.165, 1.54) is 43.4 Å². The Bertz CT molecular complexity index is 340. The highest BCUT2D eigenvalue weighted by Gasteiger charge is 2.17. The third kappa shape index (κ3) is 4.05. The summed E-state index contributed by atoms with van der Waals surface area (Å²) in [6.07, 6.45) is 0. The van der Waals surface area contributed by atoms with Gasteiger partial charge in [0.25, 0.3) is 0 Å². The summed E-state index contributed by atoms with van der Waals surface area (Å²) >= 11 is 1.75. The van der Waals surface area contributed by atoms with E-state index in [0.717, 1.165) is 12.5 Å². The van der Waals surface area contributed by atoms with E-state index in [4.69, 9.17) is 0 Å². The normalized spacial score (nSPS) is 19.1. The van der Waals surface area contributed by atoms with Gasteiger partial charge >= 0.3 is 0 Å². The van der Waals surface area contributed by atoms with Gasteiger partial charge in [-0.05, 0) is 12.8 Å². The predicted octanol–water partition coefficient (Wildman–Crippen LogP) is 2.23. The molecule has 0 radical (unpaired) electrons. The monoisotopic (exact) mass is 253 g/mol. The van der Waals surface area contributed by atoms with Crippen molar-refractivity contribution in [3.8, 4) is 0 Å². The van der Waals surface area contributed by atoms with E-state index in [-0.39, 0.29) is 0 Å². The molecule has 3 nitrogen and oxygen atoms in total. The third-order valence-electron chi connectivity index (χ3n) is 3.14. The quantitative estimate of drug-likeness (QED) is 0.820. The fraction of sp³-hybridized carbons (Fsp3) is 0.769. The Kier molecular flexibility index (Phi) is 4.54. The zero-order chi connectivity index (χ0) is 12.3. The number of aromatic nitrogens is 1. The first kappa shape index (κ1) is 13.0. The van der Waals surface area contributed by atoms with Crippen LogP contribution in [-0.4, -0.2) is 47.5 Å². The van der Waals surface area contributed by atoms with Gasteiger partial charge in [0.1, 0.15) is 0 Å². The summed E-state index contributed by atoms with van der Waals surface area (Å²) in [7, 11) is 0. The average molecular weight is 253 g/mol. The molecule has 17 heavy (non-hydrogen) atoms. The molecule has 0 saturated carbocycles. The van der Waals surface area contributed by atoms with Crippen LogP contribution in [0.15, 0.2) is 5.38 Å². The average Bonchev–Trinajstić information content (AvgIpc) is 2.66. The summed E-state index contributed by atoms with van der Waals surface area (Å²) in [6.45, 7) is 13.7. The number of nitrogens with zero attached hydrogens (tertiary/aromatic N) is 3. The van der Waals surface area contributed by atoms with Crippen molar-refractivity contribution in [2.45, 2.75) is 27.3 Å². The highest BCUT2D eigenvalue weighted by atomic mass is 32.1. The molecule has 2 heterocycles. The molecule has 0 atom stereocenters. The van der Waals surface area contributed by atoms with E-state index in [1.54, 1.807) is 11.3 Å². The van der Waals surface area contributed by atoms with Crippen molar-refractivity contribution in [2.75, 3.05) is 32.7 Å². The molecule has 0 aliphatic carbocycles. The van der Waals surface area contributed by atoms with E-state index in [9.17, 15) is 0 Å². The largest absolute Gasteiger partial charge is 0.301 e. The molecule has 0 bridgehead atoms. The lowest BCUT2D eigenvalue weighted by molar-refractivity contribution is 0.116. The molecule has 0 amide bonds. The number of rotatable bonds is 4. The SMILES string of the molecule is Cc1nc(CN2CCN(CC(C)C)CC2)cs1. The molecular formula is C13H23N3S. The van der Waals surface area contributed by atoms with Crippen molar-refractivity contribution < 1.29 is 0 Å². The van der Waals surface area contributed by atoms with Crippen molar-refractivity contribution >= 4 is 11.3 Å². The first-order chi connectivity index (χ1) is 8.13. The van der Waals surface area contributed by atoms with Gasteiger partial charge in [0.15, 0.2) is 0 Å². The van der Waals surface area contributed by atoms with E-state index in [2.05, 4.69) is 40.9 Å². The van der Waals surface area contributed by atoms with Crippen molar-refractivity contribution in [3.63, 3.8) is 0 Å². The number of aryl methyl sites for hydroxylation is 1.